The molecule has 0 spiro atoms. The van der Waals surface area contributed by atoms with E-state index >= 15 is 0 Å². The molecule has 0 bridgehead atoms. The molecule has 0 rings (SSSR count). The fourth-order valence-corrected chi connectivity index (χ4v) is 0.550. The topological polar surface area (TPSA) is 60.4 Å². The van der Waals surface area contributed by atoms with Gasteiger partial charge in [-0.15, -0.1) is 0 Å². The molecule has 0 aliphatic rings. The molecular formula is C7H10O4. The van der Waals surface area contributed by atoms with E-state index in [1.807, 2.05) is 0 Å². The van der Waals surface area contributed by atoms with Crippen LogP contribution >= 0.6 is 0 Å². The van der Waals surface area contributed by atoms with E-state index in [1.54, 1.807) is 0 Å². The molecule has 0 saturated heterocycles. The van der Waals surface area contributed by atoms with Gasteiger partial charge in [-0.3, -0.25) is 14.4 Å². The van der Waals surface area contributed by atoms with Crippen LogP contribution in [0.5, 0.6) is 0 Å². The molecule has 0 N–H and O–H groups in total. The second-order valence-corrected chi connectivity index (χ2v) is 2.20. The Labute approximate surface area is 64.5 Å². The second kappa shape index (κ2) is 4.60. The average Bonchev–Trinajstić information content (AvgIpc) is 2.02. The summed E-state index contributed by atoms with van der Waals surface area (Å²) in [6, 6.07) is 0. The molecule has 1 atom stereocenters. The van der Waals surface area contributed by atoms with Crippen molar-refractivity contribution < 1.29 is 19.1 Å². The third-order valence-electron chi connectivity index (χ3n) is 1.30. The minimum absolute atomic E-state index is 0.0337. The van der Waals surface area contributed by atoms with Crippen molar-refractivity contribution in [3.8, 4) is 0 Å². The SMILES string of the molecule is COC(=O)CC(C)C(=O)C=O. The van der Waals surface area contributed by atoms with Crippen molar-refractivity contribution >= 4 is 18.0 Å². The monoisotopic (exact) mass is 158 g/mol. The number of carbonyl (C=O) groups excluding carboxylic acids is 3. The van der Waals surface area contributed by atoms with Crippen molar-refractivity contribution in [2.24, 2.45) is 5.92 Å². The van der Waals surface area contributed by atoms with Crippen molar-refractivity contribution in [1.82, 2.24) is 0 Å². The summed E-state index contributed by atoms with van der Waals surface area (Å²) >= 11 is 0. The third kappa shape index (κ3) is 3.50. The predicted molar refractivity (Wildman–Crippen MR) is 36.9 cm³/mol. The number of esters is 1. The van der Waals surface area contributed by atoms with E-state index < -0.39 is 17.7 Å². The molecular weight excluding hydrogens is 148 g/mol. The van der Waals surface area contributed by atoms with E-state index in [9.17, 15) is 14.4 Å². The molecule has 0 radical (unpaired) electrons. The minimum atomic E-state index is -0.574. The Bertz CT molecular complexity index is 173. The van der Waals surface area contributed by atoms with Crippen LogP contribution in [0.4, 0.5) is 0 Å². The zero-order valence-electron chi connectivity index (χ0n) is 6.49. The van der Waals surface area contributed by atoms with Crippen molar-refractivity contribution in [3.63, 3.8) is 0 Å². The van der Waals surface area contributed by atoms with Crippen LogP contribution in [0.3, 0.4) is 0 Å². The molecule has 0 amide bonds. The number of aldehydes is 1. The summed E-state index contributed by atoms with van der Waals surface area (Å²) in [5.41, 5.74) is 0. The van der Waals surface area contributed by atoms with Gasteiger partial charge in [0.15, 0.2) is 12.1 Å². The van der Waals surface area contributed by atoms with Gasteiger partial charge in [-0.25, -0.2) is 0 Å². The van der Waals surface area contributed by atoms with E-state index in [0.717, 1.165) is 0 Å². The summed E-state index contributed by atoms with van der Waals surface area (Å²) < 4.78 is 4.31. The summed E-state index contributed by atoms with van der Waals surface area (Å²) in [4.78, 5) is 31.1. The van der Waals surface area contributed by atoms with Crippen LogP contribution in [0.1, 0.15) is 13.3 Å². The number of ether oxygens (including phenoxy) is 1. The highest BCUT2D eigenvalue weighted by Gasteiger charge is 2.15. The summed E-state index contributed by atoms with van der Waals surface area (Å²) in [7, 11) is 1.24. The van der Waals surface area contributed by atoms with Crippen LogP contribution in [-0.4, -0.2) is 25.1 Å². The lowest BCUT2D eigenvalue weighted by Crippen LogP contribution is -2.16. The van der Waals surface area contributed by atoms with Crippen molar-refractivity contribution in [2.45, 2.75) is 13.3 Å². The number of rotatable bonds is 4. The predicted octanol–water partition coefficient (Wildman–Crippen LogP) is -0.0464. The number of hydrogen-bond donors (Lipinski definition) is 0. The van der Waals surface area contributed by atoms with Crippen LogP contribution < -0.4 is 0 Å². The molecule has 11 heavy (non-hydrogen) atoms. The molecule has 4 nitrogen and oxygen atoms in total. The van der Waals surface area contributed by atoms with Gasteiger partial charge in [-0.1, -0.05) is 6.92 Å². The first-order valence-corrected chi connectivity index (χ1v) is 3.17. The zero-order valence-corrected chi connectivity index (χ0v) is 6.49. The summed E-state index contributed by atoms with van der Waals surface area (Å²) in [6.07, 6.45) is 0.182. The van der Waals surface area contributed by atoms with E-state index in [4.69, 9.17) is 0 Å². The highest BCUT2D eigenvalue weighted by Crippen LogP contribution is 2.02. The normalized spacial score (nSPS) is 11.8. The molecule has 0 aromatic heterocycles. The molecule has 0 fully saturated rings. The van der Waals surface area contributed by atoms with E-state index in [0.29, 0.717) is 0 Å². The van der Waals surface area contributed by atoms with Crippen LogP contribution in [-0.2, 0) is 19.1 Å². The van der Waals surface area contributed by atoms with Crippen molar-refractivity contribution in [3.05, 3.63) is 0 Å². The summed E-state index contributed by atoms with van der Waals surface area (Å²) in [6.45, 7) is 1.51. The molecule has 0 heterocycles. The molecule has 1 unspecified atom stereocenters. The van der Waals surface area contributed by atoms with Gasteiger partial charge < -0.3 is 4.74 Å². The Balaban J connectivity index is 3.86. The number of hydrogen-bond acceptors (Lipinski definition) is 4. The smallest absolute Gasteiger partial charge is 0.306 e. The van der Waals surface area contributed by atoms with Gasteiger partial charge in [0.2, 0.25) is 0 Å². The summed E-state index contributed by atoms with van der Waals surface area (Å²) in [5.74, 6) is -1.62. The maximum atomic E-state index is 10.6. The van der Waals surface area contributed by atoms with E-state index in [-0.39, 0.29) is 12.7 Å². The molecule has 0 aromatic rings. The van der Waals surface area contributed by atoms with Crippen LogP contribution in [0, 0.1) is 5.92 Å². The maximum Gasteiger partial charge on any atom is 0.306 e. The lowest BCUT2D eigenvalue weighted by molar-refractivity contribution is -0.144. The molecule has 0 aromatic carbocycles. The Morgan fingerprint density at radius 3 is 2.45 bits per heavy atom. The Morgan fingerprint density at radius 1 is 1.55 bits per heavy atom. The molecule has 0 saturated carbocycles. The minimum Gasteiger partial charge on any atom is -0.469 e. The lowest BCUT2D eigenvalue weighted by atomic mass is 10.0. The Morgan fingerprint density at radius 2 is 2.09 bits per heavy atom. The number of methoxy groups -OCH3 is 1. The fraction of sp³-hybridized carbons (Fsp3) is 0.571. The van der Waals surface area contributed by atoms with Gasteiger partial charge in [0.1, 0.15) is 0 Å². The van der Waals surface area contributed by atoms with Gasteiger partial charge in [0.05, 0.1) is 13.5 Å². The van der Waals surface area contributed by atoms with Gasteiger partial charge in [-0.2, -0.15) is 0 Å². The molecule has 62 valence electrons. The number of Topliss-reactive ketones (excluding diaryl/α,β-unsaturated/α-hetero) is 1. The molecule has 0 aliphatic carbocycles. The van der Waals surface area contributed by atoms with Crippen LogP contribution in [0.25, 0.3) is 0 Å². The van der Waals surface area contributed by atoms with Gasteiger partial charge in [0, 0.05) is 5.92 Å². The highest BCUT2D eigenvalue weighted by molar-refractivity contribution is 6.26. The van der Waals surface area contributed by atoms with Crippen LogP contribution in [0.2, 0.25) is 0 Å². The summed E-state index contributed by atoms with van der Waals surface area (Å²) in [5, 5.41) is 0. The number of carbonyl (C=O) groups is 3. The lowest BCUT2D eigenvalue weighted by Gasteiger charge is -2.02. The standard InChI is InChI=1S/C7H10O4/c1-5(6(9)4-8)3-7(10)11-2/h4-5H,3H2,1-2H3. The average molecular weight is 158 g/mol. The molecule has 0 aliphatic heterocycles. The second-order valence-electron chi connectivity index (χ2n) is 2.20. The number of ketones is 1. The third-order valence-corrected chi connectivity index (χ3v) is 1.30. The first kappa shape index (κ1) is 9.81. The Hall–Kier alpha value is -1.19. The quantitative estimate of drug-likeness (QED) is 0.327. The van der Waals surface area contributed by atoms with Gasteiger partial charge in [-0.05, 0) is 0 Å². The fourth-order valence-electron chi connectivity index (χ4n) is 0.550. The zero-order chi connectivity index (χ0) is 8.85. The van der Waals surface area contributed by atoms with E-state index in [2.05, 4.69) is 4.74 Å². The highest BCUT2D eigenvalue weighted by atomic mass is 16.5. The van der Waals surface area contributed by atoms with Crippen molar-refractivity contribution in [1.29, 1.82) is 0 Å². The van der Waals surface area contributed by atoms with Crippen LogP contribution in [0.15, 0.2) is 0 Å². The largest absolute Gasteiger partial charge is 0.469 e. The van der Waals surface area contributed by atoms with Gasteiger partial charge in [0.25, 0.3) is 0 Å². The van der Waals surface area contributed by atoms with Gasteiger partial charge >= 0.3 is 5.97 Å². The maximum absolute atomic E-state index is 10.6. The van der Waals surface area contributed by atoms with Crippen molar-refractivity contribution in [2.75, 3.05) is 7.11 Å². The first-order chi connectivity index (χ1) is 5.11. The first-order valence-electron chi connectivity index (χ1n) is 3.17. The van der Waals surface area contributed by atoms with E-state index in [1.165, 1.54) is 14.0 Å². The Kier molecular flexibility index (Phi) is 4.10. The molecule has 4 heteroatoms.